The monoisotopic (exact) mass is 339 g/mol. The van der Waals surface area contributed by atoms with Crippen molar-refractivity contribution in [3.8, 4) is 11.5 Å². The lowest BCUT2D eigenvalue weighted by Gasteiger charge is -2.20. The van der Waals surface area contributed by atoms with Gasteiger partial charge in [-0.3, -0.25) is 4.79 Å². The van der Waals surface area contributed by atoms with Crippen LogP contribution in [0.2, 0.25) is 0 Å². The topological polar surface area (TPSA) is 59.2 Å². The molecule has 5 nitrogen and oxygen atoms in total. The molecule has 0 spiro atoms. The molecule has 0 fully saturated rings. The number of aromatic nitrogens is 2. The lowest BCUT2D eigenvalue weighted by molar-refractivity contribution is -0.117. The molecule has 3 aromatic rings. The Morgan fingerprint density at radius 1 is 1.04 bits per heavy atom. The predicted molar refractivity (Wildman–Crippen MR) is 94.9 cm³/mol. The molecule has 1 amide bonds. The summed E-state index contributed by atoms with van der Waals surface area (Å²) in [6.07, 6.45) is 0. The summed E-state index contributed by atoms with van der Waals surface area (Å²) < 4.78 is 5.65. The number of nitrogens with zero attached hydrogens (tertiary/aromatic N) is 3. The molecule has 3 rings (SSSR count). The number of carbonyl (C=O) groups is 1. The van der Waals surface area contributed by atoms with Gasteiger partial charge >= 0.3 is 0 Å². The molecular formula is C18H17N3O2S. The first-order chi connectivity index (χ1) is 11.6. The third-order valence-corrected chi connectivity index (χ3v) is 4.45. The number of hydrogen-bond donors (Lipinski definition) is 0. The van der Waals surface area contributed by atoms with E-state index in [2.05, 4.69) is 10.2 Å². The van der Waals surface area contributed by atoms with Crippen molar-refractivity contribution in [2.75, 3.05) is 11.9 Å². The Balaban J connectivity index is 1.68. The van der Waals surface area contributed by atoms with Crippen molar-refractivity contribution in [1.82, 2.24) is 10.2 Å². The number of rotatable bonds is 5. The van der Waals surface area contributed by atoms with Crippen LogP contribution in [0.4, 0.5) is 5.69 Å². The second-order valence-corrected chi connectivity index (χ2v) is 6.52. The zero-order valence-corrected chi connectivity index (χ0v) is 14.2. The van der Waals surface area contributed by atoms with Gasteiger partial charge in [-0.25, -0.2) is 0 Å². The highest BCUT2D eigenvalue weighted by Gasteiger charge is 2.22. The molecule has 0 aliphatic rings. The predicted octanol–water partition coefficient (Wildman–Crippen LogP) is 3.88. The van der Waals surface area contributed by atoms with E-state index in [0.717, 1.165) is 11.3 Å². The Kier molecular flexibility index (Phi) is 4.96. The van der Waals surface area contributed by atoms with Crippen LogP contribution in [0.15, 0.2) is 70.3 Å². The zero-order valence-electron chi connectivity index (χ0n) is 13.4. The van der Waals surface area contributed by atoms with E-state index in [0.29, 0.717) is 11.1 Å². The van der Waals surface area contributed by atoms with Crippen molar-refractivity contribution >= 4 is 23.4 Å². The van der Waals surface area contributed by atoms with Gasteiger partial charge in [-0.05, 0) is 31.2 Å². The lowest BCUT2D eigenvalue weighted by Crippen LogP contribution is -2.33. The van der Waals surface area contributed by atoms with E-state index in [9.17, 15) is 4.79 Å². The summed E-state index contributed by atoms with van der Waals surface area (Å²) in [6, 6.07) is 19.1. The van der Waals surface area contributed by atoms with Gasteiger partial charge in [-0.1, -0.05) is 48.2 Å². The van der Waals surface area contributed by atoms with E-state index in [1.54, 1.807) is 11.9 Å². The molecule has 122 valence electrons. The van der Waals surface area contributed by atoms with Gasteiger partial charge < -0.3 is 9.32 Å². The standard InChI is InChI=1S/C18H17N3O2S/c1-13(17(22)21(2)15-11-7-4-8-12-15)24-18-20-19-16(23-18)14-9-5-3-6-10-14/h3-13H,1-2H3/t13-/m0/s1. The highest BCUT2D eigenvalue weighted by Crippen LogP contribution is 2.27. The molecule has 0 N–H and O–H groups in total. The first kappa shape index (κ1) is 16.3. The fourth-order valence-corrected chi connectivity index (χ4v) is 2.98. The van der Waals surface area contributed by atoms with E-state index >= 15 is 0 Å². The Morgan fingerprint density at radius 2 is 1.67 bits per heavy atom. The van der Waals surface area contributed by atoms with Crippen molar-refractivity contribution in [3.63, 3.8) is 0 Å². The smallest absolute Gasteiger partial charge is 0.277 e. The largest absolute Gasteiger partial charge is 0.411 e. The minimum Gasteiger partial charge on any atom is -0.411 e. The summed E-state index contributed by atoms with van der Waals surface area (Å²) >= 11 is 1.26. The molecule has 2 aromatic carbocycles. The fraction of sp³-hybridized carbons (Fsp3) is 0.167. The molecule has 1 heterocycles. The summed E-state index contributed by atoms with van der Waals surface area (Å²) in [7, 11) is 1.76. The van der Waals surface area contributed by atoms with E-state index < -0.39 is 0 Å². The molecule has 0 bridgehead atoms. The van der Waals surface area contributed by atoms with Crippen LogP contribution in [-0.2, 0) is 4.79 Å². The molecule has 0 saturated carbocycles. The molecular weight excluding hydrogens is 322 g/mol. The zero-order chi connectivity index (χ0) is 16.9. The van der Waals surface area contributed by atoms with Crippen LogP contribution >= 0.6 is 11.8 Å². The van der Waals surface area contributed by atoms with Gasteiger partial charge in [0.25, 0.3) is 5.22 Å². The van der Waals surface area contributed by atoms with Crippen LogP contribution in [0.3, 0.4) is 0 Å². The van der Waals surface area contributed by atoms with Crippen molar-refractivity contribution < 1.29 is 9.21 Å². The third kappa shape index (κ3) is 3.65. The fourth-order valence-electron chi connectivity index (χ4n) is 2.21. The van der Waals surface area contributed by atoms with Gasteiger partial charge in [0, 0.05) is 18.3 Å². The highest BCUT2D eigenvalue weighted by atomic mass is 32.2. The van der Waals surface area contributed by atoms with Gasteiger partial charge in [0.05, 0.1) is 5.25 Å². The highest BCUT2D eigenvalue weighted by molar-refractivity contribution is 8.00. The first-order valence-corrected chi connectivity index (χ1v) is 8.41. The number of carbonyl (C=O) groups excluding carboxylic acids is 1. The summed E-state index contributed by atoms with van der Waals surface area (Å²) in [5.41, 5.74) is 1.71. The number of hydrogen-bond acceptors (Lipinski definition) is 5. The maximum atomic E-state index is 12.5. The molecule has 1 aromatic heterocycles. The Labute approximate surface area is 144 Å². The van der Waals surface area contributed by atoms with Crippen LogP contribution in [0.5, 0.6) is 0 Å². The Hall–Kier alpha value is -2.60. The molecule has 0 unspecified atom stereocenters. The Bertz CT molecular complexity index is 805. The molecule has 1 atom stereocenters. The summed E-state index contributed by atoms with van der Waals surface area (Å²) in [5.74, 6) is 0.430. The number of para-hydroxylation sites is 1. The number of amides is 1. The van der Waals surface area contributed by atoms with Crippen molar-refractivity contribution in [1.29, 1.82) is 0 Å². The van der Waals surface area contributed by atoms with Crippen LogP contribution in [0.1, 0.15) is 6.92 Å². The van der Waals surface area contributed by atoms with E-state index in [4.69, 9.17) is 4.42 Å². The minimum absolute atomic E-state index is 0.0225. The lowest BCUT2D eigenvalue weighted by atomic mass is 10.2. The van der Waals surface area contributed by atoms with Gasteiger partial charge in [-0.15, -0.1) is 10.2 Å². The summed E-state index contributed by atoms with van der Waals surface area (Å²) in [4.78, 5) is 14.2. The number of benzene rings is 2. The van der Waals surface area contributed by atoms with Gasteiger partial charge in [0.1, 0.15) is 0 Å². The number of anilines is 1. The average Bonchev–Trinajstić information content (AvgIpc) is 3.10. The molecule has 24 heavy (non-hydrogen) atoms. The third-order valence-electron chi connectivity index (χ3n) is 3.53. The molecule has 0 saturated heterocycles. The quantitative estimate of drug-likeness (QED) is 0.660. The minimum atomic E-state index is -0.334. The number of thioether (sulfide) groups is 1. The summed E-state index contributed by atoms with van der Waals surface area (Å²) in [6.45, 7) is 1.83. The SMILES string of the molecule is C[C@H](Sc1nnc(-c2ccccc2)o1)C(=O)N(C)c1ccccc1. The maximum absolute atomic E-state index is 12.5. The van der Waals surface area contributed by atoms with E-state index in [1.807, 2.05) is 67.6 Å². The second-order valence-electron chi connectivity index (χ2n) is 5.23. The van der Waals surface area contributed by atoms with Gasteiger partial charge in [-0.2, -0.15) is 0 Å². The van der Waals surface area contributed by atoms with Gasteiger partial charge in [0.15, 0.2) is 0 Å². The maximum Gasteiger partial charge on any atom is 0.277 e. The van der Waals surface area contributed by atoms with Crippen LogP contribution in [0, 0.1) is 0 Å². The summed E-state index contributed by atoms with van der Waals surface area (Å²) in [5, 5.41) is 8.11. The van der Waals surface area contributed by atoms with Crippen LogP contribution in [0.25, 0.3) is 11.5 Å². The second kappa shape index (κ2) is 7.31. The molecule has 0 aliphatic heterocycles. The normalized spacial score (nSPS) is 11.9. The van der Waals surface area contributed by atoms with Crippen LogP contribution in [-0.4, -0.2) is 28.4 Å². The average molecular weight is 339 g/mol. The van der Waals surface area contributed by atoms with E-state index in [1.165, 1.54) is 11.8 Å². The molecule has 0 radical (unpaired) electrons. The van der Waals surface area contributed by atoms with Crippen molar-refractivity contribution in [2.24, 2.45) is 0 Å². The van der Waals surface area contributed by atoms with Crippen molar-refractivity contribution in [2.45, 2.75) is 17.4 Å². The Morgan fingerprint density at radius 3 is 2.33 bits per heavy atom. The van der Waals surface area contributed by atoms with E-state index in [-0.39, 0.29) is 11.2 Å². The molecule has 0 aliphatic carbocycles. The van der Waals surface area contributed by atoms with Gasteiger partial charge in [0.2, 0.25) is 11.8 Å². The van der Waals surface area contributed by atoms with Crippen molar-refractivity contribution in [3.05, 3.63) is 60.7 Å². The van der Waals surface area contributed by atoms with Crippen LogP contribution < -0.4 is 4.90 Å². The molecule has 6 heteroatoms. The first-order valence-electron chi connectivity index (χ1n) is 7.53.